The highest BCUT2D eigenvalue weighted by molar-refractivity contribution is 5.68. The van der Waals surface area contributed by atoms with Crippen molar-refractivity contribution in [3.05, 3.63) is 17.5 Å². The molecule has 0 saturated carbocycles. The predicted molar refractivity (Wildman–Crippen MR) is 68.5 cm³/mol. The lowest BCUT2D eigenvalue weighted by atomic mass is 10.00. The average molecular weight is 251 g/mol. The zero-order valence-electron chi connectivity index (χ0n) is 11.5. The van der Waals surface area contributed by atoms with E-state index in [4.69, 9.17) is 4.74 Å². The zero-order valence-corrected chi connectivity index (χ0v) is 11.5. The van der Waals surface area contributed by atoms with Crippen LogP contribution in [0.4, 0.5) is 4.79 Å². The Hall–Kier alpha value is -1.52. The van der Waals surface area contributed by atoms with Gasteiger partial charge in [-0.15, -0.1) is 0 Å². The van der Waals surface area contributed by atoms with Gasteiger partial charge in [-0.3, -0.25) is 5.10 Å². The number of hydrogen-bond acceptors (Lipinski definition) is 3. The highest BCUT2D eigenvalue weighted by Gasteiger charge is 2.31. The molecule has 1 N–H and O–H groups in total. The normalized spacial score (nSPS) is 20.2. The minimum absolute atomic E-state index is 0.217. The molecule has 1 aliphatic heterocycles. The van der Waals surface area contributed by atoms with Crippen LogP contribution >= 0.6 is 0 Å². The van der Waals surface area contributed by atoms with Crippen molar-refractivity contribution in [3.63, 3.8) is 0 Å². The maximum Gasteiger partial charge on any atom is 0.410 e. The van der Waals surface area contributed by atoms with Gasteiger partial charge in [0, 0.05) is 24.7 Å². The van der Waals surface area contributed by atoms with Crippen LogP contribution < -0.4 is 0 Å². The monoisotopic (exact) mass is 251 g/mol. The van der Waals surface area contributed by atoms with Crippen LogP contribution in [0.25, 0.3) is 0 Å². The van der Waals surface area contributed by atoms with Gasteiger partial charge in [-0.1, -0.05) is 0 Å². The first kappa shape index (κ1) is 12.9. The second-order valence-corrected chi connectivity index (χ2v) is 5.86. The average Bonchev–Trinajstić information content (AvgIpc) is 2.82. The fraction of sp³-hybridized carbons (Fsp3) is 0.692. The molecule has 0 radical (unpaired) electrons. The number of aromatic amines is 1. The molecule has 100 valence electrons. The van der Waals surface area contributed by atoms with Crippen LogP contribution in [0.1, 0.15) is 44.4 Å². The van der Waals surface area contributed by atoms with Crippen molar-refractivity contribution in [1.82, 2.24) is 15.1 Å². The molecule has 1 unspecified atom stereocenters. The molecule has 0 bridgehead atoms. The van der Waals surface area contributed by atoms with Crippen molar-refractivity contribution >= 4 is 6.09 Å². The number of hydrogen-bond donors (Lipinski definition) is 1. The minimum atomic E-state index is -0.430. The third-order valence-corrected chi connectivity index (χ3v) is 3.15. The van der Waals surface area contributed by atoms with Crippen molar-refractivity contribution in [2.75, 3.05) is 13.1 Å². The Balaban J connectivity index is 1.97. The molecular weight excluding hydrogens is 230 g/mol. The molecule has 1 saturated heterocycles. The fourth-order valence-corrected chi connectivity index (χ4v) is 2.28. The van der Waals surface area contributed by atoms with Crippen LogP contribution in [-0.2, 0) is 4.74 Å². The Kier molecular flexibility index (Phi) is 3.32. The van der Waals surface area contributed by atoms with Crippen LogP contribution in [0.5, 0.6) is 0 Å². The third-order valence-electron chi connectivity index (χ3n) is 3.15. The maximum atomic E-state index is 11.9. The van der Waals surface area contributed by atoms with Crippen LogP contribution in [0.15, 0.2) is 6.20 Å². The van der Waals surface area contributed by atoms with Crippen molar-refractivity contribution in [3.8, 4) is 0 Å². The number of amides is 1. The minimum Gasteiger partial charge on any atom is -0.444 e. The number of ether oxygens (including phenoxy) is 1. The Morgan fingerprint density at radius 1 is 1.56 bits per heavy atom. The summed E-state index contributed by atoms with van der Waals surface area (Å²) in [5.74, 6) is 0.372. The van der Waals surface area contributed by atoms with Crippen molar-refractivity contribution in [2.24, 2.45) is 0 Å². The lowest BCUT2D eigenvalue weighted by Crippen LogP contribution is -2.35. The molecule has 5 nitrogen and oxygen atoms in total. The number of nitrogens with zero attached hydrogens (tertiary/aromatic N) is 2. The molecule has 0 aliphatic carbocycles. The van der Waals surface area contributed by atoms with Crippen LogP contribution in [0.2, 0.25) is 0 Å². The van der Waals surface area contributed by atoms with E-state index in [9.17, 15) is 4.79 Å². The number of likely N-dealkylation sites (tertiary alicyclic amines) is 1. The molecule has 1 atom stereocenters. The first-order valence-corrected chi connectivity index (χ1v) is 6.34. The molecule has 1 amide bonds. The highest BCUT2D eigenvalue weighted by Crippen LogP contribution is 2.29. The summed E-state index contributed by atoms with van der Waals surface area (Å²) in [6.07, 6.45) is 2.62. The number of nitrogens with one attached hydrogen (secondary N) is 1. The van der Waals surface area contributed by atoms with E-state index >= 15 is 0 Å². The zero-order chi connectivity index (χ0) is 13.3. The first-order valence-electron chi connectivity index (χ1n) is 6.34. The number of H-pyrrole nitrogens is 1. The molecular formula is C13H21N3O2. The van der Waals surface area contributed by atoms with Crippen LogP contribution in [0.3, 0.4) is 0 Å². The largest absolute Gasteiger partial charge is 0.444 e. The van der Waals surface area contributed by atoms with E-state index in [-0.39, 0.29) is 6.09 Å². The van der Waals surface area contributed by atoms with E-state index in [1.54, 1.807) is 4.90 Å². The molecule has 2 heterocycles. The molecule has 0 spiro atoms. The SMILES string of the molecule is Cc1[nH]ncc1C1CCN(C(=O)OC(C)(C)C)C1. The van der Waals surface area contributed by atoms with Gasteiger partial charge >= 0.3 is 6.09 Å². The Bertz CT molecular complexity index is 434. The van der Waals surface area contributed by atoms with Crippen molar-refractivity contribution in [1.29, 1.82) is 0 Å². The van der Waals surface area contributed by atoms with E-state index in [1.807, 2.05) is 33.9 Å². The van der Waals surface area contributed by atoms with Gasteiger partial charge in [-0.2, -0.15) is 5.10 Å². The number of aromatic nitrogens is 2. The maximum absolute atomic E-state index is 11.9. The Morgan fingerprint density at radius 3 is 2.83 bits per heavy atom. The van der Waals surface area contributed by atoms with Gasteiger partial charge in [-0.05, 0) is 39.7 Å². The summed E-state index contributed by atoms with van der Waals surface area (Å²) in [7, 11) is 0. The predicted octanol–water partition coefficient (Wildman–Crippen LogP) is 2.44. The summed E-state index contributed by atoms with van der Waals surface area (Å²) < 4.78 is 5.38. The number of carbonyl (C=O) groups is 1. The van der Waals surface area contributed by atoms with Gasteiger partial charge in [0.1, 0.15) is 5.60 Å². The fourth-order valence-electron chi connectivity index (χ4n) is 2.28. The number of carbonyl (C=O) groups excluding carboxylic acids is 1. The smallest absolute Gasteiger partial charge is 0.410 e. The molecule has 1 aliphatic rings. The summed E-state index contributed by atoms with van der Waals surface area (Å²) in [6.45, 7) is 9.15. The molecule has 0 aromatic carbocycles. The lowest BCUT2D eigenvalue weighted by Gasteiger charge is -2.24. The molecule has 1 aromatic rings. The quantitative estimate of drug-likeness (QED) is 0.834. The summed E-state index contributed by atoms with van der Waals surface area (Å²) >= 11 is 0. The third kappa shape index (κ3) is 2.83. The summed E-state index contributed by atoms with van der Waals surface area (Å²) in [6, 6.07) is 0. The highest BCUT2D eigenvalue weighted by atomic mass is 16.6. The molecule has 18 heavy (non-hydrogen) atoms. The summed E-state index contributed by atoms with van der Waals surface area (Å²) in [5.41, 5.74) is 1.87. The van der Waals surface area contributed by atoms with E-state index in [0.717, 1.165) is 25.2 Å². The topological polar surface area (TPSA) is 58.2 Å². The Morgan fingerprint density at radius 2 is 2.28 bits per heavy atom. The number of aryl methyl sites for hydroxylation is 1. The Labute approximate surface area is 108 Å². The van der Waals surface area contributed by atoms with Gasteiger partial charge in [0.2, 0.25) is 0 Å². The van der Waals surface area contributed by atoms with E-state index < -0.39 is 5.60 Å². The van der Waals surface area contributed by atoms with Crippen molar-refractivity contribution in [2.45, 2.75) is 45.6 Å². The second kappa shape index (κ2) is 4.63. The lowest BCUT2D eigenvalue weighted by molar-refractivity contribution is 0.0292. The molecule has 5 heteroatoms. The van der Waals surface area contributed by atoms with Crippen LogP contribution in [-0.4, -0.2) is 39.9 Å². The molecule has 2 rings (SSSR count). The summed E-state index contributed by atoms with van der Waals surface area (Å²) in [5, 5.41) is 6.98. The standard InChI is InChI=1S/C13H21N3O2/c1-9-11(7-14-15-9)10-5-6-16(8-10)12(17)18-13(2,3)4/h7,10H,5-6,8H2,1-4H3,(H,14,15). The van der Waals surface area contributed by atoms with Gasteiger partial charge in [0.05, 0.1) is 6.20 Å². The van der Waals surface area contributed by atoms with E-state index in [2.05, 4.69) is 10.2 Å². The molecule has 1 fully saturated rings. The van der Waals surface area contributed by atoms with Gasteiger partial charge in [0.15, 0.2) is 0 Å². The number of rotatable bonds is 1. The van der Waals surface area contributed by atoms with Gasteiger partial charge in [0.25, 0.3) is 0 Å². The van der Waals surface area contributed by atoms with Crippen LogP contribution in [0, 0.1) is 6.92 Å². The van der Waals surface area contributed by atoms with E-state index in [0.29, 0.717) is 5.92 Å². The second-order valence-electron chi connectivity index (χ2n) is 5.86. The van der Waals surface area contributed by atoms with E-state index in [1.165, 1.54) is 5.56 Å². The van der Waals surface area contributed by atoms with Gasteiger partial charge in [-0.25, -0.2) is 4.79 Å². The van der Waals surface area contributed by atoms with Gasteiger partial charge < -0.3 is 9.64 Å². The summed E-state index contributed by atoms with van der Waals surface area (Å²) in [4.78, 5) is 13.7. The molecule has 1 aromatic heterocycles. The van der Waals surface area contributed by atoms with Crippen molar-refractivity contribution < 1.29 is 9.53 Å². The first-order chi connectivity index (χ1) is 8.37.